The molecular formula is C27H28N4O3. The van der Waals surface area contributed by atoms with Gasteiger partial charge in [-0.3, -0.25) is 10.1 Å². The van der Waals surface area contributed by atoms with Crippen molar-refractivity contribution in [3.63, 3.8) is 0 Å². The van der Waals surface area contributed by atoms with Gasteiger partial charge in [-0.2, -0.15) is 0 Å². The van der Waals surface area contributed by atoms with Gasteiger partial charge in [0.05, 0.1) is 16.0 Å². The summed E-state index contributed by atoms with van der Waals surface area (Å²) >= 11 is 0. The normalized spacial score (nSPS) is 11.4. The van der Waals surface area contributed by atoms with Gasteiger partial charge in [-0.05, 0) is 31.0 Å². The number of hydrogen-bond acceptors (Lipinski definition) is 6. The van der Waals surface area contributed by atoms with Gasteiger partial charge in [-0.1, -0.05) is 78.9 Å². The summed E-state index contributed by atoms with van der Waals surface area (Å²) in [6.07, 6.45) is 0. The molecule has 0 aliphatic heterocycles. The third-order valence-electron chi connectivity index (χ3n) is 5.46. The third kappa shape index (κ3) is 5.50. The first-order valence-electron chi connectivity index (χ1n) is 11.2. The quantitative estimate of drug-likeness (QED) is 0.254. The average molecular weight is 457 g/mol. The average Bonchev–Trinajstić information content (AvgIpc) is 2.82. The van der Waals surface area contributed by atoms with Crippen molar-refractivity contribution in [1.82, 2.24) is 4.98 Å². The van der Waals surface area contributed by atoms with Crippen molar-refractivity contribution in [2.24, 2.45) is 0 Å². The Morgan fingerprint density at radius 1 is 0.912 bits per heavy atom. The van der Waals surface area contributed by atoms with Crippen LogP contribution in [0.2, 0.25) is 0 Å². The Balaban J connectivity index is 1.90. The standard InChI is InChI=1S/C27H28N4O3/c1-27(2,32)19-28-24-22-15-9-10-16-23(22)29-26(25(24)31(33)34)30(17-20-11-5-3-6-12-20)18-21-13-7-4-8-14-21/h3-16,32H,17-19H2,1-2H3,(H,28,29). The number of fused-ring (bicyclic) bond motifs is 1. The highest BCUT2D eigenvalue weighted by atomic mass is 16.6. The van der Waals surface area contributed by atoms with Gasteiger partial charge in [-0.25, -0.2) is 4.98 Å². The first kappa shape index (κ1) is 23.2. The van der Waals surface area contributed by atoms with Crippen molar-refractivity contribution in [3.05, 3.63) is 106 Å². The highest BCUT2D eigenvalue weighted by Gasteiger charge is 2.29. The molecular weight excluding hydrogens is 428 g/mol. The topological polar surface area (TPSA) is 91.5 Å². The number of anilines is 2. The number of para-hydroxylation sites is 1. The second kappa shape index (κ2) is 9.89. The van der Waals surface area contributed by atoms with E-state index in [1.807, 2.05) is 89.8 Å². The van der Waals surface area contributed by atoms with Gasteiger partial charge in [0.15, 0.2) is 0 Å². The van der Waals surface area contributed by atoms with Crippen LogP contribution in [0.4, 0.5) is 17.2 Å². The molecule has 1 aromatic heterocycles. The van der Waals surface area contributed by atoms with E-state index in [1.165, 1.54) is 0 Å². The van der Waals surface area contributed by atoms with Crippen molar-refractivity contribution in [2.75, 3.05) is 16.8 Å². The van der Waals surface area contributed by atoms with Gasteiger partial charge in [0.2, 0.25) is 5.82 Å². The monoisotopic (exact) mass is 456 g/mol. The minimum atomic E-state index is -1.05. The van der Waals surface area contributed by atoms with E-state index in [4.69, 9.17) is 4.98 Å². The smallest absolute Gasteiger partial charge is 0.335 e. The molecule has 0 amide bonds. The van der Waals surface area contributed by atoms with Gasteiger partial charge in [0, 0.05) is 25.0 Å². The molecule has 4 aromatic rings. The Labute approximate surface area is 198 Å². The molecule has 0 saturated carbocycles. The van der Waals surface area contributed by atoms with Gasteiger partial charge < -0.3 is 15.3 Å². The van der Waals surface area contributed by atoms with Crippen molar-refractivity contribution in [3.8, 4) is 0 Å². The lowest BCUT2D eigenvalue weighted by atomic mass is 10.1. The predicted molar refractivity (Wildman–Crippen MR) is 136 cm³/mol. The number of aliphatic hydroxyl groups is 1. The molecule has 2 N–H and O–H groups in total. The maximum atomic E-state index is 12.5. The van der Waals surface area contributed by atoms with Crippen LogP contribution in [0.5, 0.6) is 0 Å². The summed E-state index contributed by atoms with van der Waals surface area (Å²) in [5, 5.41) is 26.5. The number of hydrogen-bond donors (Lipinski definition) is 2. The van der Waals surface area contributed by atoms with E-state index in [9.17, 15) is 15.2 Å². The van der Waals surface area contributed by atoms with Gasteiger partial charge in [0.25, 0.3) is 0 Å². The fourth-order valence-corrected chi connectivity index (χ4v) is 3.88. The van der Waals surface area contributed by atoms with Crippen LogP contribution in [0, 0.1) is 10.1 Å². The summed E-state index contributed by atoms with van der Waals surface area (Å²) in [5.74, 6) is 0.287. The Morgan fingerprint density at radius 3 is 1.97 bits per heavy atom. The van der Waals surface area contributed by atoms with Crippen LogP contribution in [-0.4, -0.2) is 27.2 Å². The number of nitrogens with one attached hydrogen (secondary N) is 1. The van der Waals surface area contributed by atoms with Crippen LogP contribution < -0.4 is 10.2 Å². The molecule has 34 heavy (non-hydrogen) atoms. The second-order valence-corrected chi connectivity index (χ2v) is 8.93. The first-order chi connectivity index (χ1) is 16.3. The molecule has 174 valence electrons. The lowest BCUT2D eigenvalue weighted by molar-refractivity contribution is -0.383. The largest absolute Gasteiger partial charge is 0.389 e. The fourth-order valence-electron chi connectivity index (χ4n) is 3.88. The summed E-state index contributed by atoms with van der Waals surface area (Å²) in [7, 11) is 0. The molecule has 1 heterocycles. The lowest BCUT2D eigenvalue weighted by Gasteiger charge is -2.26. The van der Waals surface area contributed by atoms with Crippen LogP contribution in [0.25, 0.3) is 10.9 Å². The molecule has 0 spiro atoms. The molecule has 3 aromatic carbocycles. The van der Waals surface area contributed by atoms with Gasteiger partial charge in [0.1, 0.15) is 5.69 Å². The van der Waals surface area contributed by atoms with Crippen molar-refractivity contribution in [2.45, 2.75) is 32.5 Å². The highest BCUT2D eigenvalue weighted by Crippen LogP contribution is 2.40. The Bertz CT molecular complexity index is 1230. The lowest BCUT2D eigenvalue weighted by Crippen LogP contribution is -2.30. The summed E-state index contributed by atoms with van der Waals surface area (Å²) in [6.45, 7) is 4.37. The van der Waals surface area contributed by atoms with E-state index in [2.05, 4.69) is 5.32 Å². The maximum Gasteiger partial charge on any atom is 0.335 e. The summed E-state index contributed by atoms with van der Waals surface area (Å²) < 4.78 is 0. The van der Waals surface area contributed by atoms with E-state index in [-0.39, 0.29) is 23.0 Å². The zero-order valence-corrected chi connectivity index (χ0v) is 19.3. The van der Waals surface area contributed by atoms with Crippen LogP contribution in [0.1, 0.15) is 25.0 Å². The van der Waals surface area contributed by atoms with Gasteiger partial charge >= 0.3 is 5.69 Å². The molecule has 0 bridgehead atoms. The number of nitrogens with zero attached hydrogens (tertiary/aromatic N) is 3. The van der Waals surface area contributed by atoms with Crippen molar-refractivity contribution >= 4 is 28.1 Å². The second-order valence-electron chi connectivity index (χ2n) is 8.93. The van der Waals surface area contributed by atoms with E-state index < -0.39 is 5.60 Å². The number of pyridine rings is 1. The molecule has 0 aliphatic rings. The van der Waals surface area contributed by atoms with Crippen molar-refractivity contribution < 1.29 is 10.0 Å². The molecule has 0 radical (unpaired) electrons. The molecule has 0 fully saturated rings. The van der Waals surface area contributed by atoms with E-state index in [1.54, 1.807) is 13.8 Å². The zero-order chi connectivity index (χ0) is 24.1. The molecule has 0 unspecified atom stereocenters. The van der Waals surface area contributed by atoms with Crippen LogP contribution >= 0.6 is 0 Å². The summed E-state index contributed by atoms with van der Waals surface area (Å²) in [5.41, 5.74) is 1.90. The number of rotatable bonds is 9. The molecule has 7 heteroatoms. The van der Waals surface area contributed by atoms with Crippen molar-refractivity contribution in [1.29, 1.82) is 0 Å². The predicted octanol–water partition coefficient (Wildman–Crippen LogP) is 5.53. The first-order valence-corrected chi connectivity index (χ1v) is 11.2. The maximum absolute atomic E-state index is 12.5. The minimum Gasteiger partial charge on any atom is -0.389 e. The number of aromatic nitrogens is 1. The van der Waals surface area contributed by atoms with E-state index in [0.29, 0.717) is 29.7 Å². The van der Waals surface area contributed by atoms with Gasteiger partial charge in [-0.15, -0.1) is 0 Å². The highest BCUT2D eigenvalue weighted by molar-refractivity contribution is 5.99. The zero-order valence-electron chi connectivity index (χ0n) is 19.3. The molecule has 0 saturated heterocycles. The minimum absolute atomic E-state index is 0.102. The Morgan fingerprint density at radius 2 is 1.44 bits per heavy atom. The molecule has 0 atom stereocenters. The van der Waals surface area contributed by atoms with E-state index in [0.717, 1.165) is 11.1 Å². The number of nitro groups is 1. The van der Waals surface area contributed by atoms with Crippen LogP contribution in [-0.2, 0) is 13.1 Å². The Hall–Kier alpha value is -3.97. The van der Waals surface area contributed by atoms with E-state index >= 15 is 0 Å². The SMILES string of the molecule is CC(C)(O)CNc1c([N+](=O)[O-])c(N(Cc2ccccc2)Cc2ccccc2)nc2ccccc12. The van der Waals surface area contributed by atoms with Crippen LogP contribution in [0.3, 0.4) is 0 Å². The van der Waals surface area contributed by atoms with Crippen LogP contribution in [0.15, 0.2) is 84.9 Å². The fraction of sp³-hybridized carbons (Fsp3) is 0.222. The summed E-state index contributed by atoms with van der Waals surface area (Å²) in [6, 6.07) is 27.0. The molecule has 7 nitrogen and oxygen atoms in total. The number of benzene rings is 3. The molecule has 4 rings (SSSR count). The molecule has 0 aliphatic carbocycles. The summed E-state index contributed by atoms with van der Waals surface area (Å²) in [4.78, 5) is 18.8. The third-order valence-corrected chi connectivity index (χ3v) is 5.46. The Kier molecular flexibility index (Phi) is 6.75.